The molecule has 8 nitrogen and oxygen atoms in total. The fourth-order valence-corrected chi connectivity index (χ4v) is 4.35. The number of halogens is 1. The average molecular weight is 495 g/mol. The van der Waals surface area contributed by atoms with E-state index in [1.807, 2.05) is 17.8 Å². The van der Waals surface area contributed by atoms with Gasteiger partial charge in [0.2, 0.25) is 0 Å². The number of anilines is 2. The summed E-state index contributed by atoms with van der Waals surface area (Å²) in [5.74, 6) is 0.460. The minimum atomic E-state index is -3.98. The van der Waals surface area contributed by atoms with Gasteiger partial charge in [0, 0.05) is 36.4 Å². The van der Waals surface area contributed by atoms with E-state index in [0.29, 0.717) is 23.6 Å². The Kier molecular flexibility index (Phi) is 6.83. The monoisotopic (exact) mass is 494 g/mol. The molecule has 3 aromatic carbocycles. The number of hydrogen-bond acceptors (Lipinski definition) is 5. The number of nitrogens with zero attached hydrogens (tertiary/aromatic N) is 2. The van der Waals surface area contributed by atoms with E-state index in [4.69, 9.17) is 4.74 Å². The minimum absolute atomic E-state index is 0.0874. The molecule has 0 saturated heterocycles. The molecule has 180 valence electrons. The maximum Gasteiger partial charge on any atom is 0.261 e. The minimum Gasteiger partial charge on any atom is -0.486 e. The van der Waals surface area contributed by atoms with Gasteiger partial charge in [0.1, 0.15) is 24.0 Å². The van der Waals surface area contributed by atoms with Crippen LogP contribution in [0.15, 0.2) is 84.0 Å². The number of nitrogens with one attached hydrogen (secondary N) is 2. The van der Waals surface area contributed by atoms with Crippen LogP contribution in [-0.4, -0.2) is 23.9 Å². The molecule has 1 aromatic heterocycles. The Hall–Kier alpha value is -4.18. The van der Waals surface area contributed by atoms with Crippen LogP contribution in [0.1, 0.15) is 21.7 Å². The second-order valence-electron chi connectivity index (χ2n) is 7.81. The molecule has 35 heavy (non-hydrogen) atoms. The number of ether oxygens (including phenoxy) is 1. The Morgan fingerprint density at radius 1 is 1.03 bits per heavy atom. The number of sulfonamides is 1. The zero-order chi connectivity index (χ0) is 25.0. The molecule has 0 fully saturated rings. The molecule has 0 atom stereocenters. The molecule has 1 heterocycles. The van der Waals surface area contributed by atoms with Crippen molar-refractivity contribution in [3.8, 4) is 5.75 Å². The molecular formula is C25H23FN4O4S. The lowest BCUT2D eigenvalue weighted by molar-refractivity contribution is 0.102. The van der Waals surface area contributed by atoms with E-state index < -0.39 is 21.7 Å². The smallest absolute Gasteiger partial charge is 0.261 e. The van der Waals surface area contributed by atoms with Gasteiger partial charge in [-0.3, -0.25) is 9.52 Å². The summed E-state index contributed by atoms with van der Waals surface area (Å²) in [5, 5.41) is 2.77. The van der Waals surface area contributed by atoms with Crippen LogP contribution in [0.3, 0.4) is 0 Å². The summed E-state index contributed by atoms with van der Waals surface area (Å²) in [7, 11) is -2.10. The van der Waals surface area contributed by atoms with Gasteiger partial charge in [0.05, 0.1) is 4.90 Å². The summed E-state index contributed by atoms with van der Waals surface area (Å²) in [4.78, 5) is 17.0. The summed E-state index contributed by atoms with van der Waals surface area (Å²) in [6.07, 6.45) is 3.52. The SMILES string of the molecule is Cc1ccc(S(=O)(=O)Nc2ccc(F)cc2)cc1C(=O)Nc1ccc(OCc2nccn2C)cc1. The van der Waals surface area contributed by atoms with E-state index in [9.17, 15) is 17.6 Å². The van der Waals surface area contributed by atoms with Gasteiger partial charge in [0.25, 0.3) is 15.9 Å². The number of aromatic nitrogens is 2. The number of imidazole rings is 1. The molecule has 4 rings (SSSR count). The first kappa shape index (κ1) is 24.0. The number of aryl methyl sites for hydroxylation is 2. The lowest BCUT2D eigenvalue weighted by Crippen LogP contribution is -2.17. The van der Waals surface area contributed by atoms with Crippen LogP contribution >= 0.6 is 0 Å². The summed E-state index contributed by atoms with van der Waals surface area (Å²) in [5.41, 5.74) is 1.56. The Morgan fingerprint density at radius 3 is 2.37 bits per heavy atom. The zero-order valence-corrected chi connectivity index (χ0v) is 19.8. The summed E-state index contributed by atoms with van der Waals surface area (Å²) in [6, 6.07) is 16.0. The lowest BCUT2D eigenvalue weighted by atomic mass is 10.1. The fourth-order valence-electron chi connectivity index (χ4n) is 3.26. The van der Waals surface area contributed by atoms with Crippen LogP contribution in [0.4, 0.5) is 15.8 Å². The topological polar surface area (TPSA) is 102 Å². The molecule has 0 aliphatic carbocycles. The third kappa shape index (κ3) is 5.85. The highest BCUT2D eigenvalue weighted by Crippen LogP contribution is 2.22. The van der Waals surface area contributed by atoms with Crippen molar-refractivity contribution in [1.82, 2.24) is 9.55 Å². The molecule has 1 amide bonds. The Morgan fingerprint density at radius 2 is 1.71 bits per heavy atom. The number of carbonyl (C=O) groups is 1. The van der Waals surface area contributed by atoms with Crippen LogP contribution in [-0.2, 0) is 23.7 Å². The van der Waals surface area contributed by atoms with E-state index in [1.165, 1.54) is 24.3 Å². The molecule has 0 saturated carbocycles. The van der Waals surface area contributed by atoms with Gasteiger partial charge in [-0.1, -0.05) is 6.07 Å². The van der Waals surface area contributed by atoms with Gasteiger partial charge in [-0.2, -0.15) is 0 Å². The number of rotatable bonds is 8. The maximum absolute atomic E-state index is 13.1. The molecule has 0 spiro atoms. The maximum atomic E-state index is 13.1. The molecule has 0 unspecified atom stereocenters. The normalized spacial score (nSPS) is 11.2. The molecule has 10 heteroatoms. The summed E-state index contributed by atoms with van der Waals surface area (Å²) < 4.78 is 48.6. The van der Waals surface area contributed by atoms with Crippen molar-refractivity contribution in [2.24, 2.45) is 7.05 Å². The summed E-state index contributed by atoms with van der Waals surface area (Å²) >= 11 is 0. The third-order valence-electron chi connectivity index (χ3n) is 5.26. The molecule has 2 N–H and O–H groups in total. The Labute approximate surface area is 202 Å². The lowest BCUT2D eigenvalue weighted by Gasteiger charge is -2.12. The fraction of sp³-hybridized carbons (Fsp3) is 0.120. The van der Waals surface area contributed by atoms with Crippen LogP contribution in [0.25, 0.3) is 0 Å². The number of carbonyl (C=O) groups excluding carboxylic acids is 1. The predicted octanol–water partition coefficient (Wildman–Crippen LogP) is 4.50. The van der Waals surface area contributed by atoms with Gasteiger partial charge < -0.3 is 14.6 Å². The third-order valence-corrected chi connectivity index (χ3v) is 6.64. The Bertz CT molecular complexity index is 1450. The molecule has 0 aliphatic rings. The second kappa shape index (κ2) is 9.98. The van der Waals surface area contributed by atoms with Gasteiger partial charge in [-0.05, 0) is 73.2 Å². The van der Waals surface area contributed by atoms with Crippen LogP contribution in [0, 0.1) is 12.7 Å². The van der Waals surface area contributed by atoms with Crippen molar-refractivity contribution < 1.29 is 22.3 Å². The van der Waals surface area contributed by atoms with Gasteiger partial charge in [0.15, 0.2) is 0 Å². The first-order valence-electron chi connectivity index (χ1n) is 10.6. The highest BCUT2D eigenvalue weighted by Gasteiger charge is 2.18. The number of hydrogen-bond donors (Lipinski definition) is 2. The largest absolute Gasteiger partial charge is 0.486 e. The molecule has 0 bridgehead atoms. The van der Waals surface area contributed by atoms with Gasteiger partial charge in [-0.25, -0.2) is 17.8 Å². The average Bonchev–Trinajstić information content (AvgIpc) is 3.24. The van der Waals surface area contributed by atoms with Crippen LogP contribution in [0.5, 0.6) is 5.75 Å². The van der Waals surface area contributed by atoms with E-state index >= 15 is 0 Å². The van der Waals surface area contributed by atoms with E-state index in [1.54, 1.807) is 43.5 Å². The highest BCUT2D eigenvalue weighted by atomic mass is 32.2. The first-order chi connectivity index (χ1) is 16.7. The molecule has 0 radical (unpaired) electrons. The van der Waals surface area contributed by atoms with E-state index in [2.05, 4.69) is 15.0 Å². The number of benzene rings is 3. The van der Waals surface area contributed by atoms with E-state index in [-0.39, 0.29) is 16.1 Å². The van der Waals surface area contributed by atoms with Gasteiger partial charge in [-0.15, -0.1) is 0 Å². The van der Waals surface area contributed by atoms with E-state index in [0.717, 1.165) is 18.0 Å². The molecule has 0 aliphatic heterocycles. The Balaban J connectivity index is 1.45. The molecular weight excluding hydrogens is 471 g/mol. The summed E-state index contributed by atoms with van der Waals surface area (Å²) in [6.45, 7) is 2.02. The predicted molar refractivity (Wildman–Crippen MR) is 130 cm³/mol. The standard InChI is InChI=1S/C25H23FN4O4S/c1-17-3-12-22(35(32,33)29-20-6-4-18(26)5-7-20)15-23(17)25(31)28-19-8-10-21(11-9-19)34-16-24-27-13-14-30(24)2/h3-15,29H,16H2,1-2H3,(H,28,31). The highest BCUT2D eigenvalue weighted by molar-refractivity contribution is 7.92. The molecule has 4 aromatic rings. The van der Waals surface area contributed by atoms with Crippen molar-refractivity contribution in [2.75, 3.05) is 10.0 Å². The second-order valence-corrected chi connectivity index (χ2v) is 9.49. The van der Waals surface area contributed by atoms with Crippen molar-refractivity contribution in [1.29, 1.82) is 0 Å². The van der Waals surface area contributed by atoms with Crippen molar-refractivity contribution in [2.45, 2.75) is 18.4 Å². The van der Waals surface area contributed by atoms with Crippen molar-refractivity contribution in [3.63, 3.8) is 0 Å². The van der Waals surface area contributed by atoms with Gasteiger partial charge >= 0.3 is 0 Å². The van der Waals surface area contributed by atoms with Crippen LogP contribution < -0.4 is 14.8 Å². The first-order valence-corrected chi connectivity index (χ1v) is 12.1. The van der Waals surface area contributed by atoms with Crippen LogP contribution in [0.2, 0.25) is 0 Å². The van der Waals surface area contributed by atoms with Crippen molar-refractivity contribution >= 4 is 27.3 Å². The quantitative estimate of drug-likeness (QED) is 0.376. The number of amides is 1. The zero-order valence-electron chi connectivity index (χ0n) is 19.0. The van der Waals surface area contributed by atoms with Crippen molar-refractivity contribution in [3.05, 3.63) is 102 Å².